The number of hydrogen-bond donors (Lipinski definition) is 2. The zero-order chi connectivity index (χ0) is 22.8. The smallest absolute Gasteiger partial charge is 0.276 e. The minimum Gasteiger partial charge on any atom is -0.492 e. The third kappa shape index (κ3) is 4.58. The van der Waals surface area contributed by atoms with E-state index in [1.54, 1.807) is 42.3 Å². The first-order valence-corrected chi connectivity index (χ1v) is 11.0. The van der Waals surface area contributed by atoms with Gasteiger partial charge in [0, 0.05) is 54.1 Å². The van der Waals surface area contributed by atoms with Crippen LogP contribution in [-0.2, 0) is 7.05 Å². The van der Waals surface area contributed by atoms with E-state index in [1.807, 2.05) is 12.1 Å². The molecule has 4 aromatic rings. The molecule has 0 saturated carbocycles. The molecule has 0 spiro atoms. The highest BCUT2D eigenvalue weighted by Gasteiger charge is 2.18. The molecule has 0 bridgehead atoms. The van der Waals surface area contributed by atoms with Crippen LogP contribution in [0, 0.1) is 5.82 Å². The van der Waals surface area contributed by atoms with Crippen LogP contribution in [0.25, 0.3) is 22.0 Å². The SMILES string of the molecule is Cn1cc(-c2cc3c(C(=O)Nc4cccc(OCCN5CCCC5)c4)n[nH]c3cc2F)cn1. The van der Waals surface area contributed by atoms with Crippen molar-refractivity contribution in [2.45, 2.75) is 12.8 Å². The molecule has 33 heavy (non-hydrogen) atoms. The van der Waals surface area contributed by atoms with Crippen molar-refractivity contribution in [3.05, 3.63) is 60.3 Å². The fraction of sp³-hybridized carbons (Fsp3) is 0.292. The first-order chi connectivity index (χ1) is 16.1. The van der Waals surface area contributed by atoms with Crippen LogP contribution >= 0.6 is 0 Å². The lowest BCUT2D eigenvalue weighted by atomic mass is 10.0. The number of H-pyrrole nitrogens is 1. The summed E-state index contributed by atoms with van der Waals surface area (Å²) in [5.41, 5.74) is 2.23. The molecule has 8 nitrogen and oxygen atoms in total. The van der Waals surface area contributed by atoms with Crippen molar-refractivity contribution in [3.8, 4) is 16.9 Å². The van der Waals surface area contributed by atoms with Crippen LogP contribution in [0.2, 0.25) is 0 Å². The topological polar surface area (TPSA) is 88.1 Å². The number of ether oxygens (including phenoxy) is 1. The summed E-state index contributed by atoms with van der Waals surface area (Å²) < 4.78 is 22.1. The lowest BCUT2D eigenvalue weighted by molar-refractivity contribution is 0.102. The Hall–Kier alpha value is -3.72. The number of halogens is 1. The number of amides is 1. The lowest BCUT2D eigenvalue weighted by Crippen LogP contribution is -2.25. The predicted octanol–water partition coefficient (Wildman–Crippen LogP) is 3.83. The van der Waals surface area contributed by atoms with Gasteiger partial charge in [0.2, 0.25) is 0 Å². The van der Waals surface area contributed by atoms with Gasteiger partial charge < -0.3 is 10.1 Å². The van der Waals surface area contributed by atoms with Crippen LogP contribution in [0.3, 0.4) is 0 Å². The Kier molecular flexibility index (Phi) is 5.78. The summed E-state index contributed by atoms with van der Waals surface area (Å²) in [4.78, 5) is 15.4. The molecule has 2 aromatic heterocycles. The van der Waals surface area contributed by atoms with E-state index in [4.69, 9.17) is 4.74 Å². The zero-order valence-corrected chi connectivity index (χ0v) is 18.3. The van der Waals surface area contributed by atoms with Gasteiger partial charge in [-0.1, -0.05) is 6.07 Å². The third-order valence-corrected chi connectivity index (χ3v) is 5.85. The number of rotatable bonds is 7. The summed E-state index contributed by atoms with van der Waals surface area (Å²) in [5, 5.41) is 14.4. The Bertz CT molecular complexity index is 1290. The zero-order valence-electron chi connectivity index (χ0n) is 18.3. The molecule has 5 rings (SSSR count). The summed E-state index contributed by atoms with van der Waals surface area (Å²) in [5.74, 6) is -0.107. The number of hydrogen-bond acceptors (Lipinski definition) is 5. The lowest BCUT2D eigenvalue weighted by Gasteiger charge is -2.15. The van der Waals surface area contributed by atoms with Crippen molar-refractivity contribution in [2.75, 3.05) is 31.6 Å². The van der Waals surface area contributed by atoms with Gasteiger partial charge in [0.1, 0.15) is 18.2 Å². The van der Waals surface area contributed by atoms with Gasteiger partial charge in [0.15, 0.2) is 5.69 Å². The van der Waals surface area contributed by atoms with E-state index >= 15 is 0 Å². The molecule has 0 atom stereocenters. The maximum absolute atomic E-state index is 14.6. The Morgan fingerprint density at radius 1 is 1.24 bits per heavy atom. The van der Waals surface area contributed by atoms with Crippen molar-refractivity contribution in [2.24, 2.45) is 7.05 Å². The fourth-order valence-corrected chi connectivity index (χ4v) is 4.15. The summed E-state index contributed by atoms with van der Waals surface area (Å²) in [6.45, 7) is 3.75. The molecular formula is C24H25FN6O2. The number of carbonyl (C=O) groups excluding carboxylic acids is 1. The van der Waals surface area contributed by atoms with Crippen LogP contribution in [0.1, 0.15) is 23.3 Å². The standard InChI is InChI=1S/C24H25FN6O2/c1-30-15-16(14-26-30)19-12-20-22(13-21(19)25)28-29-23(20)24(32)27-17-5-4-6-18(11-17)33-10-9-31-7-2-3-8-31/h4-6,11-15H,2-3,7-10H2,1H3,(H,27,32)(H,28,29). The molecule has 0 unspecified atom stereocenters. The summed E-state index contributed by atoms with van der Waals surface area (Å²) in [7, 11) is 1.76. The second-order valence-corrected chi connectivity index (χ2v) is 8.23. The van der Waals surface area contributed by atoms with Gasteiger partial charge >= 0.3 is 0 Å². The monoisotopic (exact) mass is 448 g/mol. The van der Waals surface area contributed by atoms with Crippen LogP contribution in [-0.4, -0.2) is 57.0 Å². The normalized spacial score (nSPS) is 14.1. The molecule has 170 valence electrons. The van der Waals surface area contributed by atoms with Crippen LogP contribution in [0.5, 0.6) is 5.75 Å². The number of benzene rings is 2. The molecule has 1 aliphatic rings. The molecule has 1 saturated heterocycles. The summed E-state index contributed by atoms with van der Waals surface area (Å²) in [6.07, 6.45) is 5.80. The Balaban J connectivity index is 1.32. The van der Waals surface area contributed by atoms with Crippen molar-refractivity contribution >= 4 is 22.5 Å². The Morgan fingerprint density at radius 3 is 2.88 bits per heavy atom. The van der Waals surface area contributed by atoms with E-state index in [-0.39, 0.29) is 11.6 Å². The molecule has 0 radical (unpaired) electrons. The van der Waals surface area contributed by atoms with Gasteiger partial charge in [-0.3, -0.25) is 19.5 Å². The molecule has 1 aliphatic heterocycles. The maximum Gasteiger partial charge on any atom is 0.276 e. The van der Waals surface area contributed by atoms with Crippen LogP contribution in [0.4, 0.5) is 10.1 Å². The second kappa shape index (κ2) is 9.03. The van der Waals surface area contributed by atoms with Crippen molar-refractivity contribution < 1.29 is 13.9 Å². The quantitative estimate of drug-likeness (QED) is 0.449. The van der Waals surface area contributed by atoms with Gasteiger partial charge in [0.25, 0.3) is 5.91 Å². The number of anilines is 1. The maximum atomic E-state index is 14.6. The van der Waals surface area contributed by atoms with E-state index in [1.165, 1.54) is 18.9 Å². The number of nitrogens with zero attached hydrogens (tertiary/aromatic N) is 4. The number of aryl methyl sites for hydroxylation is 1. The molecule has 2 N–H and O–H groups in total. The highest BCUT2D eigenvalue weighted by atomic mass is 19.1. The molecule has 9 heteroatoms. The largest absolute Gasteiger partial charge is 0.492 e. The van der Waals surface area contributed by atoms with Crippen molar-refractivity contribution in [3.63, 3.8) is 0 Å². The van der Waals surface area contributed by atoms with Gasteiger partial charge in [-0.15, -0.1) is 0 Å². The first kappa shape index (κ1) is 21.1. The molecular weight excluding hydrogens is 423 g/mol. The predicted molar refractivity (Wildman–Crippen MR) is 124 cm³/mol. The van der Waals surface area contributed by atoms with Crippen molar-refractivity contribution in [1.82, 2.24) is 24.9 Å². The Morgan fingerprint density at radius 2 is 2.09 bits per heavy atom. The van der Waals surface area contributed by atoms with Crippen LogP contribution < -0.4 is 10.1 Å². The molecule has 1 fully saturated rings. The number of aromatic nitrogens is 4. The van der Waals surface area contributed by atoms with E-state index in [0.29, 0.717) is 40.1 Å². The van der Waals surface area contributed by atoms with E-state index < -0.39 is 5.82 Å². The average Bonchev–Trinajstić information content (AvgIpc) is 3.54. The Labute approximate surface area is 190 Å². The summed E-state index contributed by atoms with van der Waals surface area (Å²) in [6, 6.07) is 10.2. The molecule has 0 aliphatic carbocycles. The number of fused-ring (bicyclic) bond motifs is 1. The number of likely N-dealkylation sites (tertiary alicyclic amines) is 1. The first-order valence-electron chi connectivity index (χ1n) is 11.0. The van der Waals surface area contributed by atoms with Gasteiger partial charge in [0.05, 0.1) is 11.7 Å². The highest BCUT2D eigenvalue weighted by molar-refractivity contribution is 6.11. The molecule has 2 aromatic carbocycles. The molecule has 1 amide bonds. The van der Waals surface area contributed by atoms with E-state index in [0.717, 1.165) is 19.6 Å². The number of carbonyl (C=O) groups is 1. The fourth-order valence-electron chi connectivity index (χ4n) is 4.15. The van der Waals surface area contributed by atoms with Gasteiger partial charge in [-0.05, 0) is 44.1 Å². The summed E-state index contributed by atoms with van der Waals surface area (Å²) >= 11 is 0. The van der Waals surface area contributed by atoms with Crippen LogP contribution in [0.15, 0.2) is 48.8 Å². The minimum atomic E-state index is -0.412. The van der Waals surface area contributed by atoms with E-state index in [2.05, 4.69) is 25.5 Å². The van der Waals surface area contributed by atoms with Gasteiger partial charge in [-0.25, -0.2) is 4.39 Å². The highest BCUT2D eigenvalue weighted by Crippen LogP contribution is 2.29. The third-order valence-electron chi connectivity index (χ3n) is 5.85. The van der Waals surface area contributed by atoms with E-state index in [9.17, 15) is 9.18 Å². The number of nitrogens with one attached hydrogen (secondary N) is 2. The van der Waals surface area contributed by atoms with Crippen molar-refractivity contribution in [1.29, 1.82) is 0 Å². The minimum absolute atomic E-state index is 0.190. The second-order valence-electron chi connectivity index (χ2n) is 8.23. The van der Waals surface area contributed by atoms with Gasteiger partial charge in [-0.2, -0.15) is 10.2 Å². The average molecular weight is 449 g/mol. The number of aromatic amines is 1. The molecule has 3 heterocycles.